The number of phenolic OH excluding ortho intramolecular Hbond substituents is 2. The van der Waals surface area contributed by atoms with Gasteiger partial charge < -0.3 is 15.5 Å². The number of rotatable bonds is 4. The van der Waals surface area contributed by atoms with E-state index >= 15 is 0 Å². The summed E-state index contributed by atoms with van der Waals surface area (Å²) in [4.78, 5) is 0. The average molecular weight is 209 g/mol. The van der Waals surface area contributed by atoms with E-state index in [1.807, 2.05) is 6.92 Å². The zero-order chi connectivity index (χ0) is 11.4. The van der Waals surface area contributed by atoms with Crippen LogP contribution in [-0.2, 0) is 0 Å². The van der Waals surface area contributed by atoms with E-state index in [0.29, 0.717) is 6.04 Å². The monoisotopic (exact) mass is 209 g/mol. The maximum atomic E-state index is 9.65. The third kappa shape index (κ3) is 3.13. The van der Waals surface area contributed by atoms with Crippen molar-refractivity contribution in [3.05, 3.63) is 23.8 Å². The molecule has 0 aliphatic carbocycles. The molecule has 2 atom stereocenters. The Morgan fingerprint density at radius 1 is 1.27 bits per heavy atom. The fraction of sp³-hybridized carbons (Fsp3) is 0.500. The van der Waals surface area contributed by atoms with E-state index in [9.17, 15) is 5.11 Å². The molecule has 84 valence electrons. The molecule has 0 fully saturated rings. The third-order valence-corrected chi connectivity index (χ3v) is 2.63. The lowest BCUT2D eigenvalue weighted by molar-refractivity contribution is 0.422. The van der Waals surface area contributed by atoms with E-state index in [4.69, 9.17) is 5.11 Å². The van der Waals surface area contributed by atoms with Crippen LogP contribution in [0.3, 0.4) is 0 Å². The first-order valence-corrected chi connectivity index (χ1v) is 5.32. The highest BCUT2D eigenvalue weighted by molar-refractivity contribution is 5.40. The van der Waals surface area contributed by atoms with Crippen LogP contribution in [0.1, 0.15) is 38.8 Å². The molecule has 2 unspecified atom stereocenters. The van der Waals surface area contributed by atoms with Crippen LogP contribution < -0.4 is 5.32 Å². The number of aromatic hydroxyl groups is 2. The Kier molecular flexibility index (Phi) is 3.97. The van der Waals surface area contributed by atoms with Gasteiger partial charge in [0.05, 0.1) is 0 Å². The summed E-state index contributed by atoms with van der Waals surface area (Å²) in [6.07, 6.45) is 1.04. The Bertz CT molecular complexity index is 325. The van der Waals surface area contributed by atoms with Crippen LogP contribution in [0.15, 0.2) is 18.2 Å². The molecule has 0 saturated heterocycles. The second kappa shape index (κ2) is 5.03. The minimum Gasteiger partial charge on any atom is -0.508 e. The van der Waals surface area contributed by atoms with Gasteiger partial charge in [-0.25, -0.2) is 0 Å². The molecule has 1 aromatic carbocycles. The maximum Gasteiger partial charge on any atom is 0.124 e. The summed E-state index contributed by atoms with van der Waals surface area (Å²) in [5.41, 5.74) is 0.813. The van der Waals surface area contributed by atoms with Gasteiger partial charge in [0.2, 0.25) is 0 Å². The average Bonchev–Trinajstić information content (AvgIpc) is 2.17. The molecule has 0 aromatic heterocycles. The molecule has 3 nitrogen and oxygen atoms in total. The fourth-order valence-corrected chi connectivity index (χ4v) is 1.53. The minimum absolute atomic E-state index is 0.0838. The summed E-state index contributed by atoms with van der Waals surface area (Å²) in [5.74, 6) is 0.227. The van der Waals surface area contributed by atoms with Crippen molar-refractivity contribution in [1.29, 1.82) is 0 Å². The topological polar surface area (TPSA) is 52.5 Å². The highest BCUT2D eigenvalue weighted by Gasteiger charge is 2.12. The standard InChI is InChI=1S/C12H19NO2/c1-4-8(2)13-9(3)11-6-5-10(14)7-12(11)15/h5-9,13-15H,4H2,1-3H3. The van der Waals surface area contributed by atoms with Gasteiger partial charge in [-0.2, -0.15) is 0 Å². The van der Waals surface area contributed by atoms with Gasteiger partial charge in [0.25, 0.3) is 0 Å². The van der Waals surface area contributed by atoms with Crippen molar-refractivity contribution in [1.82, 2.24) is 5.32 Å². The zero-order valence-corrected chi connectivity index (χ0v) is 9.49. The van der Waals surface area contributed by atoms with Crippen LogP contribution in [0.4, 0.5) is 0 Å². The smallest absolute Gasteiger partial charge is 0.124 e. The van der Waals surface area contributed by atoms with Gasteiger partial charge in [-0.15, -0.1) is 0 Å². The van der Waals surface area contributed by atoms with Crippen LogP contribution in [-0.4, -0.2) is 16.3 Å². The summed E-state index contributed by atoms with van der Waals surface area (Å²) in [5, 5.41) is 22.2. The third-order valence-electron chi connectivity index (χ3n) is 2.63. The zero-order valence-electron chi connectivity index (χ0n) is 9.49. The second-order valence-electron chi connectivity index (χ2n) is 3.94. The SMILES string of the molecule is CCC(C)NC(C)c1ccc(O)cc1O. The van der Waals surface area contributed by atoms with Crippen molar-refractivity contribution in [3.63, 3.8) is 0 Å². The van der Waals surface area contributed by atoms with Crippen molar-refractivity contribution in [3.8, 4) is 11.5 Å². The number of hydrogen-bond acceptors (Lipinski definition) is 3. The van der Waals surface area contributed by atoms with Crippen molar-refractivity contribution in [2.75, 3.05) is 0 Å². The Morgan fingerprint density at radius 2 is 1.93 bits per heavy atom. The number of hydrogen-bond donors (Lipinski definition) is 3. The fourth-order valence-electron chi connectivity index (χ4n) is 1.53. The molecule has 0 spiro atoms. The van der Waals surface area contributed by atoms with Gasteiger partial charge in [0.15, 0.2) is 0 Å². The van der Waals surface area contributed by atoms with Crippen molar-refractivity contribution in [2.24, 2.45) is 0 Å². The molecule has 0 bridgehead atoms. The van der Waals surface area contributed by atoms with E-state index in [-0.39, 0.29) is 17.5 Å². The lowest BCUT2D eigenvalue weighted by atomic mass is 10.1. The largest absolute Gasteiger partial charge is 0.508 e. The first-order chi connectivity index (χ1) is 7.04. The van der Waals surface area contributed by atoms with E-state index in [1.165, 1.54) is 6.07 Å². The predicted molar refractivity (Wildman–Crippen MR) is 61.1 cm³/mol. The molecule has 3 heteroatoms. The Labute approximate surface area is 90.8 Å². The summed E-state index contributed by atoms with van der Waals surface area (Å²) in [7, 11) is 0. The molecular formula is C12H19NO2. The number of phenols is 2. The van der Waals surface area contributed by atoms with Gasteiger partial charge in [0.1, 0.15) is 11.5 Å². The lowest BCUT2D eigenvalue weighted by Gasteiger charge is -2.20. The van der Waals surface area contributed by atoms with Crippen LogP contribution in [0.25, 0.3) is 0 Å². The molecule has 1 rings (SSSR count). The molecule has 0 saturated carbocycles. The number of nitrogens with one attached hydrogen (secondary N) is 1. The Morgan fingerprint density at radius 3 is 2.47 bits per heavy atom. The van der Waals surface area contributed by atoms with E-state index < -0.39 is 0 Å². The van der Waals surface area contributed by atoms with Gasteiger partial charge in [-0.3, -0.25) is 0 Å². The lowest BCUT2D eigenvalue weighted by Crippen LogP contribution is -2.28. The highest BCUT2D eigenvalue weighted by Crippen LogP contribution is 2.27. The minimum atomic E-state index is 0.0838. The van der Waals surface area contributed by atoms with E-state index in [2.05, 4.69) is 19.2 Å². The normalized spacial score (nSPS) is 14.9. The van der Waals surface area contributed by atoms with Crippen molar-refractivity contribution >= 4 is 0 Å². The summed E-state index contributed by atoms with van der Waals surface area (Å²) in [6, 6.07) is 5.19. The molecule has 0 aliphatic rings. The Hall–Kier alpha value is -1.22. The van der Waals surface area contributed by atoms with Gasteiger partial charge >= 0.3 is 0 Å². The molecule has 0 radical (unpaired) electrons. The number of benzene rings is 1. The van der Waals surface area contributed by atoms with Gasteiger partial charge in [0, 0.05) is 23.7 Å². The molecule has 3 N–H and O–H groups in total. The van der Waals surface area contributed by atoms with Crippen LogP contribution in [0.5, 0.6) is 11.5 Å². The van der Waals surface area contributed by atoms with E-state index in [1.54, 1.807) is 12.1 Å². The van der Waals surface area contributed by atoms with Gasteiger partial charge in [-0.05, 0) is 26.3 Å². The predicted octanol–water partition coefficient (Wildman–Crippen LogP) is 2.55. The maximum absolute atomic E-state index is 9.65. The van der Waals surface area contributed by atoms with Crippen LogP contribution in [0.2, 0.25) is 0 Å². The van der Waals surface area contributed by atoms with E-state index in [0.717, 1.165) is 12.0 Å². The highest BCUT2D eigenvalue weighted by atomic mass is 16.3. The molecular weight excluding hydrogens is 190 g/mol. The molecule has 0 aliphatic heterocycles. The quantitative estimate of drug-likeness (QED) is 0.714. The van der Waals surface area contributed by atoms with Crippen LogP contribution >= 0.6 is 0 Å². The van der Waals surface area contributed by atoms with Crippen LogP contribution in [0, 0.1) is 0 Å². The molecule has 15 heavy (non-hydrogen) atoms. The second-order valence-corrected chi connectivity index (χ2v) is 3.94. The first kappa shape index (κ1) is 11.9. The first-order valence-electron chi connectivity index (χ1n) is 5.32. The molecule has 1 aromatic rings. The summed E-state index contributed by atoms with van der Waals surface area (Å²) < 4.78 is 0. The summed E-state index contributed by atoms with van der Waals surface area (Å²) in [6.45, 7) is 6.22. The summed E-state index contributed by atoms with van der Waals surface area (Å²) >= 11 is 0. The Balaban J connectivity index is 2.77. The van der Waals surface area contributed by atoms with Crippen molar-refractivity contribution in [2.45, 2.75) is 39.3 Å². The van der Waals surface area contributed by atoms with Gasteiger partial charge in [-0.1, -0.05) is 13.0 Å². The van der Waals surface area contributed by atoms with Crippen molar-refractivity contribution < 1.29 is 10.2 Å². The molecule has 0 heterocycles. The molecule has 0 amide bonds.